The summed E-state index contributed by atoms with van der Waals surface area (Å²) in [6, 6.07) is 6.77. The van der Waals surface area contributed by atoms with Crippen molar-refractivity contribution in [3.8, 4) is 6.07 Å². The largest absolute Gasteiger partial charge is 0.241 e. The normalized spacial score (nSPS) is 12.2. The number of benzene rings is 1. The minimum atomic E-state index is -3.63. The van der Waals surface area contributed by atoms with E-state index >= 15 is 0 Å². The fourth-order valence-electron chi connectivity index (χ4n) is 1.40. The highest BCUT2D eigenvalue weighted by molar-refractivity contribution is 7.89. The molecule has 1 rings (SSSR count). The molecule has 0 heterocycles. The molecule has 0 saturated heterocycles. The fourth-order valence-corrected chi connectivity index (χ4v) is 2.91. The molecule has 4 nitrogen and oxygen atoms in total. The monoisotopic (exact) mass is 266 g/mol. The lowest BCUT2D eigenvalue weighted by atomic mass is 9.98. The van der Waals surface area contributed by atoms with Gasteiger partial charge >= 0.3 is 0 Å². The zero-order valence-electron chi connectivity index (χ0n) is 11.1. The Hall–Kier alpha value is -1.38. The zero-order valence-corrected chi connectivity index (χ0v) is 11.9. The Morgan fingerprint density at radius 1 is 1.33 bits per heavy atom. The first-order valence-electron chi connectivity index (χ1n) is 5.67. The third-order valence-corrected chi connectivity index (χ3v) is 3.87. The number of nitriles is 1. The summed E-state index contributed by atoms with van der Waals surface area (Å²) >= 11 is 0. The lowest BCUT2D eigenvalue weighted by molar-refractivity contribution is 0.407. The van der Waals surface area contributed by atoms with Crippen LogP contribution in [0.3, 0.4) is 0 Å². The van der Waals surface area contributed by atoms with Crippen LogP contribution in [0.25, 0.3) is 0 Å². The van der Waals surface area contributed by atoms with E-state index < -0.39 is 10.0 Å². The third-order valence-electron chi connectivity index (χ3n) is 2.43. The van der Waals surface area contributed by atoms with Crippen LogP contribution in [-0.2, 0) is 10.0 Å². The molecule has 0 saturated carbocycles. The van der Waals surface area contributed by atoms with Crippen LogP contribution < -0.4 is 4.72 Å². The van der Waals surface area contributed by atoms with Gasteiger partial charge in [-0.05, 0) is 24.0 Å². The maximum Gasteiger partial charge on any atom is 0.241 e. The second kappa shape index (κ2) is 5.09. The Balaban J connectivity index is 3.15. The molecule has 98 valence electrons. The first-order valence-corrected chi connectivity index (χ1v) is 7.15. The Kier molecular flexibility index (Phi) is 4.15. The lowest BCUT2D eigenvalue weighted by Gasteiger charge is -2.19. The molecule has 0 atom stereocenters. The van der Waals surface area contributed by atoms with Gasteiger partial charge in [-0.25, -0.2) is 13.1 Å². The predicted molar refractivity (Wildman–Crippen MR) is 70.5 cm³/mol. The molecule has 0 unspecified atom stereocenters. The van der Waals surface area contributed by atoms with E-state index in [1.54, 1.807) is 19.1 Å². The van der Waals surface area contributed by atoms with Gasteiger partial charge in [-0.2, -0.15) is 5.26 Å². The van der Waals surface area contributed by atoms with Gasteiger partial charge in [0.15, 0.2) is 0 Å². The van der Waals surface area contributed by atoms with Crippen molar-refractivity contribution in [2.45, 2.75) is 32.6 Å². The SMILES string of the molecule is Cc1cccc(S(=O)(=O)NCC(C)(C)C)c1C#N. The van der Waals surface area contributed by atoms with E-state index in [1.807, 2.05) is 26.8 Å². The van der Waals surface area contributed by atoms with E-state index in [0.717, 1.165) is 0 Å². The maximum absolute atomic E-state index is 12.1. The highest BCUT2D eigenvalue weighted by atomic mass is 32.2. The van der Waals surface area contributed by atoms with E-state index in [9.17, 15) is 8.42 Å². The molecule has 0 spiro atoms. The van der Waals surface area contributed by atoms with Crippen molar-refractivity contribution in [3.05, 3.63) is 29.3 Å². The molecular formula is C13H18N2O2S. The van der Waals surface area contributed by atoms with E-state index in [-0.39, 0.29) is 15.9 Å². The number of aryl methyl sites for hydroxylation is 1. The maximum atomic E-state index is 12.1. The number of nitrogens with one attached hydrogen (secondary N) is 1. The van der Waals surface area contributed by atoms with Gasteiger partial charge in [-0.15, -0.1) is 0 Å². The Morgan fingerprint density at radius 3 is 2.44 bits per heavy atom. The second-order valence-electron chi connectivity index (χ2n) is 5.45. The van der Waals surface area contributed by atoms with Gasteiger partial charge in [-0.3, -0.25) is 0 Å². The standard InChI is InChI=1S/C13H18N2O2S/c1-10-6-5-7-12(11(10)8-14)18(16,17)15-9-13(2,3)4/h5-7,15H,9H2,1-4H3. The Bertz CT molecular complexity index is 578. The molecule has 0 amide bonds. The summed E-state index contributed by atoms with van der Waals surface area (Å²) in [5.74, 6) is 0. The van der Waals surface area contributed by atoms with Crippen molar-refractivity contribution < 1.29 is 8.42 Å². The smallest absolute Gasteiger partial charge is 0.211 e. The van der Waals surface area contributed by atoms with Gasteiger partial charge in [0.2, 0.25) is 10.0 Å². The molecule has 0 aliphatic carbocycles. The van der Waals surface area contributed by atoms with Crippen LogP contribution in [0.15, 0.2) is 23.1 Å². The topological polar surface area (TPSA) is 70.0 Å². The molecule has 0 aliphatic rings. The average Bonchev–Trinajstić information content (AvgIpc) is 2.25. The van der Waals surface area contributed by atoms with Crippen molar-refractivity contribution in [2.75, 3.05) is 6.54 Å². The van der Waals surface area contributed by atoms with Crippen LogP contribution in [0.5, 0.6) is 0 Å². The number of hydrogen-bond donors (Lipinski definition) is 1. The number of rotatable bonds is 3. The highest BCUT2D eigenvalue weighted by Gasteiger charge is 2.22. The quantitative estimate of drug-likeness (QED) is 0.911. The Labute approximate surface area is 109 Å². The average molecular weight is 266 g/mol. The molecular weight excluding hydrogens is 248 g/mol. The zero-order chi connectivity index (χ0) is 14.0. The van der Waals surface area contributed by atoms with Crippen molar-refractivity contribution in [2.24, 2.45) is 5.41 Å². The number of hydrogen-bond acceptors (Lipinski definition) is 3. The molecule has 1 aromatic rings. The molecule has 5 heteroatoms. The molecule has 1 aromatic carbocycles. The van der Waals surface area contributed by atoms with Crippen molar-refractivity contribution >= 4 is 10.0 Å². The summed E-state index contributed by atoms with van der Waals surface area (Å²) in [6.07, 6.45) is 0. The molecule has 0 radical (unpaired) electrons. The van der Waals surface area contributed by atoms with Crippen LogP contribution in [0, 0.1) is 23.7 Å². The molecule has 1 N–H and O–H groups in total. The summed E-state index contributed by atoms with van der Waals surface area (Å²) < 4.78 is 26.8. The second-order valence-corrected chi connectivity index (χ2v) is 7.18. The minimum absolute atomic E-state index is 0.0502. The van der Waals surface area contributed by atoms with Gasteiger partial charge in [0.05, 0.1) is 10.5 Å². The third kappa shape index (κ3) is 3.56. The molecule has 18 heavy (non-hydrogen) atoms. The Morgan fingerprint density at radius 2 is 1.94 bits per heavy atom. The molecule has 0 bridgehead atoms. The summed E-state index contributed by atoms with van der Waals surface area (Å²) in [7, 11) is -3.63. The summed E-state index contributed by atoms with van der Waals surface area (Å²) in [4.78, 5) is 0.0502. The molecule has 0 aliphatic heterocycles. The van der Waals surface area contributed by atoms with Crippen LogP contribution in [0.2, 0.25) is 0 Å². The van der Waals surface area contributed by atoms with E-state index in [0.29, 0.717) is 12.1 Å². The van der Waals surface area contributed by atoms with Crippen LogP contribution in [-0.4, -0.2) is 15.0 Å². The van der Waals surface area contributed by atoms with Gasteiger partial charge in [0.25, 0.3) is 0 Å². The van der Waals surface area contributed by atoms with Crippen LogP contribution in [0.1, 0.15) is 31.9 Å². The van der Waals surface area contributed by atoms with Gasteiger partial charge in [-0.1, -0.05) is 32.9 Å². The van der Waals surface area contributed by atoms with E-state index in [4.69, 9.17) is 5.26 Å². The van der Waals surface area contributed by atoms with E-state index in [2.05, 4.69) is 4.72 Å². The lowest BCUT2D eigenvalue weighted by Crippen LogP contribution is -2.32. The van der Waals surface area contributed by atoms with E-state index in [1.165, 1.54) is 6.07 Å². The van der Waals surface area contributed by atoms with Crippen molar-refractivity contribution in [1.29, 1.82) is 5.26 Å². The number of sulfonamides is 1. The number of nitrogens with zero attached hydrogens (tertiary/aromatic N) is 1. The summed E-state index contributed by atoms with van der Waals surface area (Å²) in [5, 5.41) is 9.05. The van der Waals surface area contributed by atoms with Crippen LogP contribution >= 0.6 is 0 Å². The fraction of sp³-hybridized carbons (Fsp3) is 0.462. The van der Waals surface area contributed by atoms with Gasteiger partial charge in [0.1, 0.15) is 6.07 Å². The van der Waals surface area contributed by atoms with Gasteiger partial charge in [0, 0.05) is 6.54 Å². The first-order chi connectivity index (χ1) is 8.17. The first kappa shape index (κ1) is 14.7. The minimum Gasteiger partial charge on any atom is -0.211 e. The summed E-state index contributed by atoms with van der Waals surface area (Å²) in [6.45, 7) is 7.88. The van der Waals surface area contributed by atoms with Gasteiger partial charge < -0.3 is 0 Å². The highest BCUT2D eigenvalue weighted by Crippen LogP contribution is 2.19. The predicted octanol–water partition coefficient (Wildman–Crippen LogP) is 2.19. The molecule has 0 fully saturated rings. The summed E-state index contributed by atoms with van der Waals surface area (Å²) in [5.41, 5.74) is 0.721. The van der Waals surface area contributed by atoms with Crippen LogP contribution in [0.4, 0.5) is 0 Å². The molecule has 0 aromatic heterocycles. The van der Waals surface area contributed by atoms with Crippen molar-refractivity contribution in [3.63, 3.8) is 0 Å². The van der Waals surface area contributed by atoms with Crippen molar-refractivity contribution in [1.82, 2.24) is 4.72 Å².